The summed E-state index contributed by atoms with van der Waals surface area (Å²) in [6.45, 7) is 0. The van der Waals surface area contributed by atoms with Gasteiger partial charge in [0.2, 0.25) is 0 Å². The summed E-state index contributed by atoms with van der Waals surface area (Å²) in [5, 5.41) is -0.426. The van der Waals surface area contributed by atoms with E-state index in [0.717, 1.165) is 24.8 Å². The van der Waals surface area contributed by atoms with Gasteiger partial charge in [-0.25, -0.2) is 0 Å². The van der Waals surface area contributed by atoms with Gasteiger partial charge in [-0.2, -0.15) is 17.2 Å². The molecule has 0 saturated heterocycles. The molecule has 4 fully saturated rings. The summed E-state index contributed by atoms with van der Waals surface area (Å²) in [6.07, 6.45) is 3.49. The second-order valence-electron chi connectivity index (χ2n) is 11.5. The molecule has 4 aliphatic carbocycles. The van der Waals surface area contributed by atoms with E-state index in [4.69, 9.17) is 0 Å². The standard InChI is InChI=1S/C30H31F2O3SSi/c31-30(32,36(33,34)35)20-29-18-21-14-22(19-29)16-24(15-21)28(29)23-8-7-13-27(17-23)37(25-9-3-1-4-10-25)26-11-5-2-6-12-26/h1-13,17,21-22,24,28H,14-16,18-20H2,(H,33,34,35). The Hall–Kier alpha value is -2.35. The summed E-state index contributed by atoms with van der Waals surface area (Å²) < 4.78 is 62.7. The zero-order valence-electron chi connectivity index (χ0n) is 20.6. The van der Waals surface area contributed by atoms with E-state index >= 15 is 0 Å². The maximum absolute atomic E-state index is 14.9. The first kappa shape index (κ1) is 25.0. The van der Waals surface area contributed by atoms with Crippen LogP contribution in [0.1, 0.15) is 50.0 Å². The number of rotatable bonds is 7. The van der Waals surface area contributed by atoms with Crippen LogP contribution in [0, 0.1) is 23.2 Å². The lowest BCUT2D eigenvalue weighted by Crippen LogP contribution is -2.55. The van der Waals surface area contributed by atoms with Gasteiger partial charge in [0.05, 0.1) is 0 Å². The Morgan fingerprint density at radius 2 is 1.35 bits per heavy atom. The zero-order valence-corrected chi connectivity index (χ0v) is 22.4. The van der Waals surface area contributed by atoms with Gasteiger partial charge in [0.15, 0.2) is 8.80 Å². The average molecular weight is 538 g/mol. The molecule has 4 bridgehead atoms. The summed E-state index contributed by atoms with van der Waals surface area (Å²) >= 11 is 0. The van der Waals surface area contributed by atoms with Gasteiger partial charge in [-0.15, -0.1) is 0 Å². The third-order valence-electron chi connectivity index (χ3n) is 9.05. The van der Waals surface area contributed by atoms with Gasteiger partial charge in [-0.1, -0.05) is 100 Å². The van der Waals surface area contributed by atoms with E-state index in [-0.39, 0.29) is 11.8 Å². The van der Waals surface area contributed by atoms with Gasteiger partial charge in [0, 0.05) is 6.42 Å². The Morgan fingerprint density at radius 1 is 0.811 bits per heavy atom. The molecule has 0 amide bonds. The van der Waals surface area contributed by atoms with Crippen LogP contribution in [0.5, 0.6) is 0 Å². The molecule has 193 valence electrons. The van der Waals surface area contributed by atoms with Crippen molar-refractivity contribution in [3.63, 3.8) is 0 Å². The zero-order chi connectivity index (χ0) is 25.8. The Morgan fingerprint density at radius 3 is 1.89 bits per heavy atom. The molecule has 0 heterocycles. The molecule has 0 spiro atoms. The molecule has 7 heteroatoms. The molecule has 0 aliphatic heterocycles. The molecular formula is C30H31F2O3SSi. The largest absolute Gasteiger partial charge is 0.370 e. The smallest absolute Gasteiger partial charge is 0.281 e. The molecule has 0 aromatic heterocycles. The topological polar surface area (TPSA) is 54.4 Å². The molecule has 3 aromatic rings. The highest BCUT2D eigenvalue weighted by molar-refractivity contribution is 7.86. The number of hydrogen-bond donors (Lipinski definition) is 1. The maximum Gasteiger partial charge on any atom is 0.370 e. The van der Waals surface area contributed by atoms with Crippen LogP contribution in [0.15, 0.2) is 84.9 Å². The number of alkyl halides is 2. The van der Waals surface area contributed by atoms with Gasteiger partial charge in [-0.05, 0) is 66.8 Å². The van der Waals surface area contributed by atoms with Crippen LogP contribution in [0.25, 0.3) is 0 Å². The molecule has 1 radical (unpaired) electrons. The first-order valence-corrected chi connectivity index (χ1v) is 16.0. The number of halogens is 2. The Labute approximate surface area is 219 Å². The van der Waals surface area contributed by atoms with E-state index in [2.05, 4.69) is 66.7 Å². The summed E-state index contributed by atoms with van der Waals surface area (Å²) in [6, 6.07) is 29.3. The fourth-order valence-corrected chi connectivity index (χ4v) is 11.3. The highest BCUT2D eigenvalue weighted by atomic mass is 32.2. The van der Waals surface area contributed by atoms with Crippen molar-refractivity contribution in [1.82, 2.24) is 0 Å². The van der Waals surface area contributed by atoms with Crippen molar-refractivity contribution in [2.24, 2.45) is 23.2 Å². The van der Waals surface area contributed by atoms with Crippen molar-refractivity contribution in [2.75, 3.05) is 0 Å². The summed E-state index contributed by atoms with van der Waals surface area (Å²) in [5.41, 5.74) is 0.223. The highest BCUT2D eigenvalue weighted by Gasteiger charge is 2.62. The average Bonchev–Trinajstić information content (AvgIpc) is 2.84. The monoisotopic (exact) mass is 537 g/mol. The third-order valence-corrected chi connectivity index (χ3v) is 12.7. The van der Waals surface area contributed by atoms with E-state index in [1.54, 1.807) is 0 Å². The van der Waals surface area contributed by atoms with Crippen molar-refractivity contribution in [3.8, 4) is 0 Å². The van der Waals surface area contributed by atoms with E-state index < -0.39 is 36.0 Å². The third kappa shape index (κ3) is 4.49. The minimum atomic E-state index is -5.47. The van der Waals surface area contributed by atoms with Crippen LogP contribution in [0.3, 0.4) is 0 Å². The first-order chi connectivity index (χ1) is 17.7. The van der Waals surface area contributed by atoms with Crippen molar-refractivity contribution >= 4 is 34.5 Å². The molecule has 1 N–H and O–H groups in total. The van der Waals surface area contributed by atoms with Gasteiger partial charge >= 0.3 is 15.4 Å². The molecule has 37 heavy (non-hydrogen) atoms. The number of hydrogen-bond acceptors (Lipinski definition) is 2. The van der Waals surface area contributed by atoms with E-state index in [1.165, 1.54) is 15.6 Å². The first-order valence-electron chi connectivity index (χ1n) is 13.1. The lowest BCUT2D eigenvalue weighted by Gasteiger charge is -2.62. The van der Waals surface area contributed by atoms with Crippen LogP contribution in [0.2, 0.25) is 0 Å². The summed E-state index contributed by atoms with van der Waals surface area (Å²) in [4.78, 5) is 0. The second kappa shape index (κ2) is 9.14. The lowest BCUT2D eigenvalue weighted by atomic mass is 9.43. The predicted molar refractivity (Wildman–Crippen MR) is 144 cm³/mol. The Balaban J connectivity index is 1.44. The molecular weight excluding hydrogens is 506 g/mol. The quantitative estimate of drug-likeness (QED) is 0.263. The fourth-order valence-electron chi connectivity index (χ4n) is 8.19. The van der Waals surface area contributed by atoms with Crippen molar-refractivity contribution in [2.45, 2.75) is 49.7 Å². The molecule has 7 rings (SSSR count). The van der Waals surface area contributed by atoms with E-state index in [9.17, 15) is 21.8 Å². The van der Waals surface area contributed by atoms with Crippen LogP contribution in [0.4, 0.5) is 8.78 Å². The molecule has 4 saturated carbocycles. The van der Waals surface area contributed by atoms with Gasteiger partial charge in [0.1, 0.15) is 0 Å². The van der Waals surface area contributed by atoms with Crippen molar-refractivity contribution in [3.05, 3.63) is 90.5 Å². The Bertz CT molecular complexity index is 1330. The SMILES string of the molecule is O=S(=O)(O)C(F)(F)CC12CC3CC(CC(C3)C1c1cccc([Si](c3ccccc3)c3ccccc3)c1)C2. The van der Waals surface area contributed by atoms with Gasteiger partial charge in [-0.3, -0.25) is 4.55 Å². The minimum Gasteiger partial charge on any atom is -0.281 e. The molecule has 4 aliphatic rings. The molecule has 3 aromatic carbocycles. The number of benzene rings is 3. The fraction of sp³-hybridized carbons (Fsp3) is 0.400. The lowest BCUT2D eigenvalue weighted by molar-refractivity contribution is -0.112. The van der Waals surface area contributed by atoms with Crippen molar-refractivity contribution in [1.29, 1.82) is 0 Å². The van der Waals surface area contributed by atoms with Crippen LogP contribution in [-0.2, 0) is 10.1 Å². The Kier molecular flexibility index (Phi) is 6.16. The van der Waals surface area contributed by atoms with Gasteiger partial charge < -0.3 is 0 Å². The van der Waals surface area contributed by atoms with Crippen LogP contribution < -0.4 is 15.6 Å². The predicted octanol–water partition coefficient (Wildman–Crippen LogP) is 4.98. The van der Waals surface area contributed by atoms with Crippen molar-refractivity contribution < 1.29 is 21.8 Å². The van der Waals surface area contributed by atoms with Crippen LogP contribution >= 0.6 is 0 Å². The minimum absolute atomic E-state index is 0.136. The normalized spacial score (nSPS) is 29.1. The molecule has 3 atom stereocenters. The van der Waals surface area contributed by atoms with E-state index in [0.29, 0.717) is 24.7 Å². The second-order valence-corrected chi connectivity index (χ2v) is 15.5. The van der Waals surface area contributed by atoms with Gasteiger partial charge in [0.25, 0.3) is 0 Å². The van der Waals surface area contributed by atoms with E-state index in [1.807, 2.05) is 18.2 Å². The summed E-state index contributed by atoms with van der Waals surface area (Å²) in [7, 11) is -6.80. The maximum atomic E-state index is 14.9. The molecule has 3 unspecified atom stereocenters. The highest BCUT2D eigenvalue weighted by Crippen LogP contribution is 2.68. The summed E-state index contributed by atoms with van der Waals surface area (Å²) in [5.74, 6) is 0.857. The van der Waals surface area contributed by atoms with Crippen LogP contribution in [-0.4, -0.2) is 27.0 Å². The molecule has 3 nitrogen and oxygen atoms in total.